The third-order valence-electron chi connectivity index (χ3n) is 12.3. The molecule has 60 heavy (non-hydrogen) atoms. The van der Waals surface area contributed by atoms with Crippen molar-refractivity contribution in [2.24, 2.45) is 0 Å². The van der Waals surface area contributed by atoms with Crippen molar-refractivity contribution in [3.8, 4) is 44.5 Å². The summed E-state index contributed by atoms with van der Waals surface area (Å²) < 4.78 is 0. The van der Waals surface area contributed by atoms with E-state index in [1.165, 1.54) is 77.5 Å². The number of fused-ring (bicyclic) bond motifs is 4. The Labute approximate surface area is 352 Å². The summed E-state index contributed by atoms with van der Waals surface area (Å²) in [6, 6.07) is 90.9. The van der Waals surface area contributed by atoms with Crippen LogP contribution in [0.2, 0.25) is 0 Å². The Kier molecular flexibility index (Phi) is 8.79. The predicted octanol–water partition coefficient (Wildman–Crippen LogP) is 15.7. The van der Waals surface area contributed by atoms with Gasteiger partial charge in [-0.15, -0.1) is 0 Å². The molecular weight excluding hydrogens is 723 g/mol. The second-order valence-electron chi connectivity index (χ2n) is 15.6. The van der Waals surface area contributed by atoms with Crippen LogP contribution in [0.3, 0.4) is 0 Å². The molecule has 0 fully saturated rings. The van der Waals surface area contributed by atoms with Crippen LogP contribution in [-0.2, 0) is 5.41 Å². The zero-order valence-corrected chi connectivity index (χ0v) is 33.1. The van der Waals surface area contributed by atoms with Gasteiger partial charge in [0, 0.05) is 16.8 Å². The van der Waals surface area contributed by atoms with Gasteiger partial charge >= 0.3 is 0 Å². The lowest BCUT2D eigenvalue weighted by Crippen LogP contribution is -2.28. The summed E-state index contributed by atoms with van der Waals surface area (Å²) in [6.07, 6.45) is 0. The molecule has 0 aromatic heterocycles. The van der Waals surface area contributed by atoms with Crippen LogP contribution in [-0.4, -0.2) is 0 Å². The van der Waals surface area contributed by atoms with Crippen LogP contribution in [0.15, 0.2) is 249 Å². The van der Waals surface area contributed by atoms with E-state index in [2.05, 4.69) is 254 Å². The topological polar surface area (TPSA) is 3.24 Å². The highest BCUT2D eigenvalue weighted by atomic mass is 15.1. The van der Waals surface area contributed by atoms with Gasteiger partial charge in [0.25, 0.3) is 0 Å². The molecule has 0 saturated heterocycles. The molecule has 0 unspecified atom stereocenters. The SMILES string of the molecule is c1ccc(-c2cccc(-c3cccc(N(c4ccc(-c5cccc6c5-c5ccccc5C6(c5ccccc5)c5ccccc5)cc4)c4cccc5ccccc45)c3)c2)cc1. The van der Waals surface area contributed by atoms with Crippen molar-refractivity contribution in [2.75, 3.05) is 4.90 Å². The number of nitrogens with zero attached hydrogens (tertiary/aromatic N) is 1. The van der Waals surface area contributed by atoms with Gasteiger partial charge in [0.2, 0.25) is 0 Å². The number of benzene rings is 10. The van der Waals surface area contributed by atoms with Gasteiger partial charge in [-0.05, 0) is 109 Å². The quantitative estimate of drug-likeness (QED) is 0.149. The summed E-state index contributed by atoms with van der Waals surface area (Å²) in [5.41, 5.74) is 17.9. The van der Waals surface area contributed by atoms with Gasteiger partial charge in [-0.2, -0.15) is 0 Å². The molecule has 0 heterocycles. The van der Waals surface area contributed by atoms with E-state index in [-0.39, 0.29) is 0 Å². The van der Waals surface area contributed by atoms with E-state index >= 15 is 0 Å². The van der Waals surface area contributed by atoms with Crippen molar-refractivity contribution >= 4 is 27.8 Å². The first kappa shape index (κ1) is 35.4. The molecule has 11 rings (SSSR count). The highest BCUT2D eigenvalue weighted by Crippen LogP contribution is 2.58. The molecule has 0 amide bonds. The molecule has 0 bridgehead atoms. The van der Waals surface area contributed by atoms with E-state index in [1.54, 1.807) is 0 Å². The second kappa shape index (κ2) is 14.9. The average molecular weight is 764 g/mol. The molecule has 1 nitrogen and oxygen atoms in total. The summed E-state index contributed by atoms with van der Waals surface area (Å²) >= 11 is 0. The van der Waals surface area contributed by atoms with Crippen LogP contribution < -0.4 is 4.90 Å². The van der Waals surface area contributed by atoms with Gasteiger partial charge in [0.15, 0.2) is 0 Å². The maximum absolute atomic E-state index is 2.41. The van der Waals surface area contributed by atoms with Crippen LogP contribution in [0.4, 0.5) is 17.1 Å². The first-order valence-electron chi connectivity index (χ1n) is 20.8. The molecular formula is C59H41N. The third-order valence-corrected chi connectivity index (χ3v) is 12.3. The Morgan fingerprint density at radius 2 is 0.817 bits per heavy atom. The number of anilines is 3. The molecule has 1 aliphatic rings. The standard InChI is InChI=1S/C59H41N/c1-4-18-42(19-5-1)45-22-14-23-46(40-45)47-24-15-29-51(41-47)60(57-35-16-21-43-20-10-11-30-52(43)57)50-38-36-44(37-39-50)53-32-17-34-56-58(53)54-31-12-13-33-55(54)59(56,48-25-6-2-7-26-48)49-27-8-3-9-28-49/h1-41H. The van der Waals surface area contributed by atoms with Crippen LogP contribution in [0, 0.1) is 0 Å². The maximum atomic E-state index is 2.41. The van der Waals surface area contributed by atoms with E-state index in [4.69, 9.17) is 0 Å². The Bertz CT molecular complexity index is 3090. The highest BCUT2D eigenvalue weighted by Gasteiger charge is 2.46. The maximum Gasteiger partial charge on any atom is 0.0713 e. The van der Waals surface area contributed by atoms with Crippen molar-refractivity contribution in [3.05, 3.63) is 271 Å². The average Bonchev–Trinajstić information content (AvgIpc) is 3.64. The molecule has 0 saturated carbocycles. The first-order chi connectivity index (χ1) is 29.8. The summed E-state index contributed by atoms with van der Waals surface area (Å²) in [4.78, 5) is 2.41. The zero-order valence-electron chi connectivity index (χ0n) is 33.1. The minimum atomic E-state index is -0.443. The summed E-state index contributed by atoms with van der Waals surface area (Å²) in [5.74, 6) is 0. The molecule has 1 aliphatic carbocycles. The summed E-state index contributed by atoms with van der Waals surface area (Å²) in [7, 11) is 0. The van der Waals surface area contributed by atoms with Crippen LogP contribution in [0.5, 0.6) is 0 Å². The van der Waals surface area contributed by atoms with Gasteiger partial charge in [-0.1, -0.05) is 212 Å². The fourth-order valence-corrected chi connectivity index (χ4v) is 9.69. The van der Waals surface area contributed by atoms with Crippen LogP contribution in [0.25, 0.3) is 55.3 Å². The number of rotatable bonds is 8. The van der Waals surface area contributed by atoms with Gasteiger partial charge in [-0.25, -0.2) is 0 Å². The predicted molar refractivity (Wildman–Crippen MR) is 252 cm³/mol. The smallest absolute Gasteiger partial charge is 0.0713 e. The molecule has 1 heteroatoms. The van der Waals surface area contributed by atoms with E-state index in [0.29, 0.717) is 0 Å². The van der Waals surface area contributed by atoms with Gasteiger partial charge in [-0.3, -0.25) is 0 Å². The van der Waals surface area contributed by atoms with Gasteiger partial charge in [0.1, 0.15) is 0 Å². The van der Waals surface area contributed by atoms with Gasteiger partial charge < -0.3 is 4.90 Å². The van der Waals surface area contributed by atoms with E-state index in [9.17, 15) is 0 Å². The first-order valence-corrected chi connectivity index (χ1v) is 20.8. The minimum Gasteiger partial charge on any atom is -0.310 e. The Hall–Kier alpha value is -7.74. The molecule has 0 N–H and O–H groups in total. The highest BCUT2D eigenvalue weighted by molar-refractivity contribution is 6.00. The lowest BCUT2D eigenvalue weighted by Gasteiger charge is -2.34. The second-order valence-corrected chi connectivity index (χ2v) is 15.6. The Balaban J connectivity index is 1.06. The number of hydrogen-bond acceptors (Lipinski definition) is 1. The van der Waals surface area contributed by atoms with Crippen molar-refractivity contribution < 1.29 is 0 Å². The van der Waals surface area contributed by atoms with Crippen LogP contribution >= 0.6 is 0 Å². The Morgan fingerprint density at radius 3 is 1.57 bits per heavy atom. The molecule has 10 aromatic carbocycles. The largest absolute Gasteiger partial charge is 0.310 e. The lowest BCUT2D eigenvalue weighted by molar-refractivity contribution is 0.768. The molecule has 10 aromatic rings. The van der Waals surface area contributed by atoms with Crippen molar-refractivity contribution in [3.63, 3.8) is 0 Å². The summed E-state index contributed by atoms with van der Waals surface area (Å²) in [6.45, 7) is 0. The lowest BCUT2D eigenvalue weighted by atomic mass is 9.67. The fourth-order valence-electron chi connectivity index (χ4n) is 9.69. The molecule has 0 aliphatic heterocycles. The number of hydrogen-bond donors (Lipinski definition) is 0. The normalized spacial score (nSPS) is 12.5. The third kappa shape index (κ3) is 5.86. The van der Waals surface area contributed by atoms with Crippen molar-refractivity contribution in [2.45, 2.75) is 5.41 Å². The molecule has 0 radical (unpaired) electrons. The van der Waals surface area contributed by atoms with E-state index < -0.39 is 5.41 Å². The van der Waals surface area contributed by atoms with E-state index in [1.807, 2.05) is 0 Å². The van der Waals surface area contributed by atoms with Crippen molar-refractivity contribution in [1.82, 2.24) is 0 Å². The fraction of sp³-hybridized carbons (Fsp3) is 0.0169. The zero-order chi connectivity index (χ0) is 39.9. The molecule has 0 atom stereocenters. The van der Waals surface area contributed by atoms with Crippen LogP contribution in [0.1, 0.15) is 22.3 Å². The monoisotopic (exact) mass is 763 g/mol. The molecule has 282 valence electrons. The van der Waals surface area contributed by atoms with Gasteiger partial charge in [0.05, 0.1) is 11.1 Å². The minimum absolute atomic E-state index is 0.443. The summed E-state index contributed by atoms with van der Waals surface area (Å²) in [5, 5.41) is 2.42. The molecule has 0 spiro atoms. The van der Waals surface area contributed by atoms with Crippen molar-refractivity contribution in [1.29, 1.82) is 0 Å². The Morgan fingerprint density at radius 1 is 0.300 bits per heavy atom. The van der Waals surface area contributed by atoms with E-state index in [0.717, 1.165) is 17.1 Å².